The molecule has 0 radical (unpaired) electrons. The van der Waals surface area contributed by atoms with Gasteiger partial charge in [-0.05, 0) is 286 Å². The van der Waals surface area contributed by atoms with Gasteiger partial charge >= 0.3 is 42.7 Å². The first-order valence-electron chi connectivity index (χ1n) is 49.1. The van der Waals surface area contributed by atoms with Gasteiger partial charge in [0.15, 0.2) is 0 Å². The highest BCUT2D eigenvalue weighted by Crippen LogP contribution is 2.40. The highest BCUT2D eigenvalue weighted by molar-refractivity contribution is 6.32. The number of aryl methyl sites for hydroxylation is 1. The Morgan fingerprint density at radius 2 is 0.600 bits per heavy atom. The molecule has 0 saturated heterocycles. The van der Waals surface area contributed by atoms with Gasteiger partial charge in [-0.1, -0.05) is 175 Å². The Hall–Kier alpha value is -9.45. The zero-order chi connectivity index (χ0) is 102. The number of anilines is 5. The summed E-state index contributed by atoms with van der Waals surface area (Å²) in [5.41, 5.74) is 9.04. The predicted octanol–water partition coefficient (Wildman–Crippen LogP) is 18.2. The van der Waals surface area contributed by atoms with E-state index in [9.17, 15) is 33.6 Å². The van der Waals surface area contributed by atoms with Crippen molar-refractivity contribution in [2.75, 3.05) is 72.6 Å². The summed E-state index contributed by atoms with van der Waals surface area (Å²) in [6.45, 7) is 43.2. The minimum Gasteiger partial charge on any atom is -0.498 e. The van der Waals surface area contributed by atoms with Crippen LogP contribution in [-0.2, 0) is 58.7 Å². The number of nitrogens with zero attached hydrogens (tertiary/aromatic N) is 7. The summed E-state index contributed by atoms with van der Waals surface area (Å²) in [5, 5.41) is 1.31. The second-order valence-electron chi connectivity index (χ2n) is 38.7. The number of rotatable bonds is 33. The van der Waals surface area contributed by atoms with E-state index in [1.165, 1.54) is 120 Å². The predicted molar refractivity (Wildman–Crippen MR) is 585 cm³/mol. The average Bonchev–Trinajstić information content (AvgIpc) is 1.65. The second-order valence-corrected chi connectivity index (χ2v) is 45.1. The Bertz CT molecular complexity index is 4620. The summed E-state index contributed by atoms with van der Waals surface area (Å²) in [4.78, 5) is 96.6. The topological polar surface area (TPSA) is 225 Å². The Morgan fingerprint density at radius 1 is 0.326 bits per heavy atom. The van der Waals surface area contributed by atoms with Crippen molar-refractivity contribution in [3.05, 3.63) is 203 Å². The van der Waals surface area contributed by atoms with Gasteiger partial charge in [-0.2, -0.15) is 0 Å². The molecule has 2 heterocycles. The molecule has 0 fully saturated rings. The molecule has 30 heteroatoms. The lowest BCUT2D eigenvalue weighted by atomic mass is 10.0. The lowest BCUT2D eigenvalue weighted by Gasteiger charge is -2.30. The van der Waals surface area contributed by atoms with Gasteiger partial charge in [0.25, 0.3) is 0 Å². The standard InChI is InChI=1S/C17H27NO2Si.C16H27NO3Si.C16H25NO2Si.C15H25NO2Si.C14H23NO3Si.C14H23NO2Si.C13H21NO2Si/c1-4-17(2,3)20-16(19)18-12-13-8-5-6-9-14(13)15(18)10-7-11-21;1-5-16(2,3)20-15(18)17(4)13-7-9-14(10-8-13)19-11-6-12-21;1-4-16(2,3)19-15(18)17-11-12-7-5-6-8-13(12)14(17)9-10-20;1-5-15(2,3)18-14(17)16(4)13-8-6-12(7-9-13)10-11-19;1-5-14(2,3)18-13(16)15(4)11-6-8-12(9-7-11)17-10-19;1-5-14(2,3)17-13(16)15(4)12-8-6-11(10-18)7-9-12;1-5-13(2,3)16-12(15)14(4)10-6-8-11(17)9-7-10/h5-6,8-9,15H,4,7,10-12H2,1-3,21H3;7-10H,5-6,11-12H2,1-4,21H3;5-8,14H,4,9-11H2,1-3,20H3;6-9H,5,10-11H2,1-4,19H3;6-9H,5,10H2,1-4,19H3;6-9H,5,10H2,1-4,18H3;6-9H,5H2,1-4,17H3. The highest BCUT2D eigenvalue weighted by atomic mass is 28.2. The lowest BCUT2D eigenvalue weighted by molar-refractivity contribution is 0.00306. The van der Waals surface area contributed by atoms with Gasteiger partial charge in [0.1, 0.15) is 50.7 Å². The second kappa shape index (κ2) is 58.3. The molecule has 2 atom stereocenters. The van der Waals surface area contributed by atoms with Crippen molar-refractivity contribution < 1.29 is 76.2 Å². The summed E-state index contributed by atoms with van der Waals surface area (Å²) in [7, 11) is 16.7. The van der Waals surface area contributed by atoms with Gasteiger partial charge in [-0.15, -0.1) is 0 Å². The minimum absolute atomic E-state index is 0.170. The van der Waals surface area contributed by atoms with Crippen LogP contribution < -0.4 is 39.2 Å². The van der Waals surface area contributed by atoms with E-state index in [1.54, 1.807) is 49.9 Å². The smallest absolute Gasteiger partial charge is 0.414 e. The molecular weight excluding hydrogens is 1810 g/mol. The van der Waals surface area contributed by atoms with E-state index in [0.29, 0.717) is 13.1 Å². The van der Waals surface area contributed by atoms with E-state index in [2.05, 4.69) is 60.7 Å². The van der Waals surface area contributed by atoms with Crippen LogP contribution in [0.25, 0.3) is 0 Å². The number of carbonyl (C=O) groups is 7. The molecule has 0 aliphatic carbocycles. The summed E-state index contributed by atoms with van der Waals surface area (Å²) >= 11 is 0. The Balaban J connectivity index is 0.000000406. The van der Waals surface area contributed by atoms with E-state index in [4.69, 9.17) is 42.6 Å². The molecular formula is C105H171N7O16Si7. The molecule has 23 nitrogen and oxygen atoms in total. The van der Waals surface area contributed by atoms with Crippen LogP contribution in [0.1, 0.15) is 261 Å². The van der Waals surface area contributed by atoms with Crippen LogP contribution in [0.5, 0.6) is 11.5 Å². The quantitative estimate of drug-likeness (QED) is 0.0212. The van der Waals surface area contributed by atoms with Gasteiger partial charge in [-0.3, -0.25) is 34.3 Å². The monoisotopic (exact) mass is 1980 g/mol. The molecule has 0 aromatic heterocycles. The number of benzene rings is 7. The van der Waals surface area contributed by atoms with E-state index < -0.39 is 39.2 Å². The van der Waals surface area contributed by atoms with Crippen LogP contribution in [-0.4, -0.2) is 211 Å². The fourth-order valence-corrected chi connectivity index (χ4v) is 15.6. The van der Waals surface area contributed by atoms with E-state index in [0.717, 1.165) is 160 Å². The molecule has 2 aliphatic heterocycles. The number of amides is 7. The molecule has 0 bridgehead atoms. The summed E-state index contributed by atoms with van der Waals surface area (Å²) in [5.74, 6) is 1.67. The van der Waals surface area contributed by atoms with Gasteiger partial charge in [0.2, 0.25) is 0 Å². The maximum absolute atomic E-state index is 12.6. The highest BCUT2D eigenvalue weighted by Gasteiger charge is 2.39. The van der Waals surface area contributed by atoms with Crippen molar-refractivity contribution in [1.82, 2.24) is 9.80 Å². The number of fused-ring (bicyclic) bond motifs is 2. The molecule has 2 aliphatic rings. The van der Waals surface area contributed by atoms with Crippen molar-refractivity contribution in [2.24, 2.45) is 0 Å². The minimum atomic E-state index is -0.447. The van der Waals surface area contributed by atoms with Gasteiger partial charge in [0, 0.05) is 138 Å². The maximum atomic E-state index is 12.6. The molecule has 0 saturated carbocycles. The van der Waals surface area contributed by atoms with Crippen LogP contribution in [0.15, 0.2) is 170 Å². The zero-order valence-electron chi connectivity index (χ0n) is 88.8. The molecule has 7 aromatic carbocycles. The first-order valence-corrected chi connectivity index (χ1v) is 58.6. The average molecular weight is 1980 g/mol. The first-order chi connectivity index (χ1) is 63.4. The zero-order valence-corrected chi connectivity index (χ0v) is 103. The fourth-order valence-electron chi connectivity index (χ4n) is 12.7. The van der Waals surface area contributed by atoms with Gasteiger partial charge in [0.05, 0.1) is 35.2 Å². The van der Waals surface area contributed by atoms with Crippen molar-refractivity contribution in [3.8, 4) is 11.5 Å². The van der Waals surface area contributed by atoms with Crippen LogP contribution in [0.4, 0.5) is 62.0 Å². The van der Waals surface area contributed by atoms with E-state index in [-0.39, 0.29) is 54.7 Å². The van der Waals surface area contributed by atoms with E-state index in [1.807, 2.05) is 264 Å². The van der Waals surface area contributed by atoms with Gasteiger partial charge < -0.3 is 42.6 Å². The Morgan fingerprint density at radius 3 is 0.881 bits per heavy atom. The summed E-state index contributed by atoms with van der Waals surface area (Å²) in [6, 6.07) is 62.4. The third-order valence-corrected chi connectivity index (χ3v) is 28.8. The molecule has 0 spiro atoms. The summed E-state index contributed by atoms with van der Waals surface area (Å²) in [6.07, 6.45) is 9.93. The first kappa shape index (κ1) is 120. The van der Waals surface area contributed by atoms with Crippen LogP contribution in [0.2, 0.25) is 24.2 Å². The van der Waals surface area contributed by atoms with Crippen LogP contribution in [0, 0.1) is 0 Å². The fraction of sp³-hybridized carbons (Fsp3) is 0.533. The van der Waals surface area contributed by atoms with Crippen molar-refractivity contribution in [2.45, 2.75) is 317 Å². The number of hydrogen-bond donors (Lipinski definition) is 0. The molecule has 2 unspecified atom stereocenters. The third-order valence-electron chi connectivity index (χ3n) is 24.5. The van der Waals surface area contributed by atoms with Gasteiger partial charge in [-0.25, -0.2) is 33.6 Å². The van der Waals surface area contributed by atoms with Crippen molar-refractivity contribution in [1.29, 1.82) is 0 Å². The molecule has 7 aromatic rings. The largest absolute Gasteiger partial charge is 0.498 e. The summed E-state index contributed by atoms with van der Waals surface area (Å²) < 4.78 is 49.7. The maximum Gasteiger partial charge on any atom is 0.414 e. The molecule has 750 valence electrons. The molecule has 9 rings (SSSR count). The normalized spacial score (nSPS) is 13.3. The lowest BCUT2D eigenvalue weighted by Crippen LogP contribution is -2.37. The Kier molecular flexibility index (Phi) is 51.7. The SMILES string of the molecule is CCC(C)(C)OC(=O)N(C)c1ccc(CC[SiH3])cc1.CCC(C)(C)OC(=O)N(C)c1ccc(C[SiH3])cc1.CCC(C)(C)OC(=O)N(C)c1ccc(OCCC[SiH3])cc1.CCC(C)(C)OC(=O)N(C)c1ccc(OC[SiH3])cc1.CCC(C)(C)OC(=O)N(C)c1ccc([SiH3])cc1.CCC(C)(C)OC(=O)N1Cc2ccccc2C1CCC[SiH3].CCC(C)(C)OC(=O)N1Cc2ccccc2C1CC[SiH3]. The van der Waals surface area contributed by atoms with Crippen LogP contribution >= 0.6 is 0 Å². The third kappa shape index (κ3) is 42.2. The molecule has 7 amide bonds. The Labute approximate surface area is 832 Å². The van der Waals surface area contributed by atoms with Crippen LogP contribution in [0.3, 0.4) is 0 Å². The number of ether oxygens (including phenoxy) is 9. The molecule has 135 heavy (non-hydrogen) atoms. The number of hydrogen-bond acceptors (Lipinski definition) is 16. The van der Waals surface area contributed by atoms with Crippen molar-refractivity contribution >= 4 is 148 Å². The van der Waals surface area contributed by atoms with E-state index >= 15 is 0 Å². The van der Waals surface area contributed by atoms with Crippen molar-refractivity contribution in [3.63, 3.8) is 0 Å². The number of carbonyl (C=O) groups excluding carboxylic acids is 7. The molecule has 0 N–H and O–H groups in total.